The van der Waals surface area contributed by atoms with Gasteiger partial charge in [-0.3, -0.25) is 4.90 Å². The van der Waals surface area contributed by atoms with Gasteiger partial charge in [0, 0.05) is 32.7 Å². The maximum Gasteiger partial charge on any atom is 0.317 e. The highest BCUT2D eigenvalue weighted by molar-refractivity contribution is 5.74. The van der Waals surface area contributed by atoms with E-state index in [1.807, 2.05) is 18.7 Å². The van der Waals surface area contributed by atoms with Gasteiger partial charge in [0.1, 0.15) is 0 Å². The molecule has 1 aromatic rings. The summed E-state index contributed by atoms with van der Waals surface area (Å²) in [7, 11) is 0. The van der Waals surface area contributed by atoms with Gasteiger partial charge in [0.25, 0.3) is 0 Å². The fourth-order valence-electron chi connectivity index (χ4n) is 3.13. The topological polar surface area (TPSA) is 44.8 Å². The molecule has 0 saturated carbocycles. The molecule has 1 aliphatic heterocycles. The van der Waals surface area contributed by atoms with Crippen LogP contribution in [0, 0.1) is 0 Å². The Labute approximate surface area is 146 Å². The Kier molecular flexibility index (Phi) is 7.53. The molecule has 1 N–H and O–H groups in total. The van der Waals surface area contributed by atoms with Crippen molar-refractivity contribution in [1.29, 1.82) is 0 Å². The number of carbonyl (C=O) groups is 1. The SMILES string of the molecule is CCc1ccc(C(CNC(=O)N(CC)CC)N2CCOCC2)cc1. The first-order valence-electron chi connectivity index (χ1n) is 9.12. The minimum absolute atomic E-state index is 0.0171. The summed E-state index contributed by atoms with van der Waals surface area (Å²) in [4.78, 5) is 16.5. The van der Waals surface area contributed by atoms with Crippen LogP contribution in [0.4, 0.5) is 4.79 Å². The number of nitrogens with one attached hydrogen (secondary N) is 1. The zero-order chi connectivity index (χ0) is 17.4. The Morgan fingerprint density at radius 1 is 1.17 bits per heavy atom. The second kappa shape index (κ2) is 9.64. The number of morpholine rings is 1. The Bertz CT molecular complexity index is 494. The molecule has 0 aliphatic carbocycles. The van der Waals surface area contributed by atoms with Crippen molar-refractivity contribution in [3.05, 3.63) is 35.4 Å². The van der Waals surface area contributed by atoms with E-state index in [1.54, 1.807) is 0 Å². The van der Waals surface area contributed by atoms with Crippen molar-refractivity contribution in [2.45, 2.75) is 33.2 Å². The number of rotatable bonds is 7. The average Bonchev–Trinajstić information content (AvgIpc) is 2.64. The van der Waals surface area contributed by atoms with Gasteiger partial charge in [-0.05, 0) is 31.4 Å². The monoisotopic (exact) mass is 333 g/mol. The fraction of sp³-hybridized carbons (Fsp3) is 0.632. The summed E-state index contributed by atoms with van der Waals surface area (Å²) in [6, 6.07) is 8.98. The Hall–Kier alpha value is -1.59. The van der Waals surface area contributed by atoms with Crippen molar-refractivity contribution < 1.29 is 9.53 Å². The van der Waals surface area contributed by atoms with Gasteiger partial charge >= 0.3 is 6.03 Å². The van der Waals surface area contributed by atoms with Gasteiger partial charge in [0.2, 0.25) is 0 Å². The predicted molar refractivity (Wildman–Crippen MR) is 97.3 cm³/mol. The second-order valence-electron chi connectivity index (χ2n) is 6.12. The first-order valence-corrected chi connectivity index (χ1v) is 9.12. The summed E-state index contributed by atoms with van der Waals surface area (Å²) in [5, 5.41) is 3.11. The van der Waals surface area contributed by atoms with Crippen LogP contribution >= 0.6 is 0 Å². The molecule has 0 spiro atoms. The zero-order valence-electron chi connectivity index (χ0n) is 15.3. The average molecular weight is 333 g/mol. The molecule has 24 heavy (non-hydrogen) atoms. The molecule has 1 heterocycles. The van der Waals surface area contributed by atoms with Crippen LogP contribution in [0.1, 0.15) is 37.9 Å². The van der Waals surface area contributed by atoms with Crippen molar-refractivity contribution in [2.75, 3.05) is 45.9 Å². The van der Waals surface area contributed by atoms with Crippen LogP contribution in [0.15, 0.2) is 24.3 Å². The normalized spacial score (nSPS) is 16.6. The summed E-state index contributed by atoms with van der Waals surface area (Å²) in [6.45, 7) is 11.6. The van der Waals surface area contributed by atoms with Crippen molar-refractivity contribution in [2.24, 2.45) is 0 Å². The van der Waals surface area contributed by atoms with E-state index in [1.165, 1.54) is 11.1 Å². The van der Waals surface area contributed by atoms with Crippen molar-refractivity contribution in [3.8, 4) is 0 Å². The van der Waals surface area contributed by atoms with E-state index in [0.29, 0.717) is 6.54 Å². The van der Waals surface area contributed by atoms with E-state index < -0.39 is 0 Å². The molecule has 2 amide bonds. The molecule has 134 valence electrons. The third kappa shape index (κ3) is 4.95. The number of benzene rings is 1. The molecular formula is C19H31N3O2. The zero-order valence-corrected chi connectivity index (χ0v) is 15.3. The van der Waals surface area contributed by atoms with Crippen molar-refractivity contribution >= 4 is 6.03 Å². The third-order valence-corrected chi connectivity index (χ3v) is 4.76. The number of hydrogen-bond acceptors (Lipinski definition) is 3. The smallest absolute Gasteiger partial charge is 0.317 e. The Morgan fingerprint density at radius 3 is 2.33 bits per heavy atom. The quantitative estimate of drug-likeness (QED) is 0.834. The van der Waals surface area contributed by atoms with E-state index in [4.69, 9.17) is 4.74 Å². The first-order chi connectivity index (χ1) is 11.7. The maximum absolute atomic E-state index is 12.3. The first kappa shape index (κ1) is 18.7. The van der Waals surface area contributed by atoms with Gasteiger partial charge < -0.3 is 15.0 Å². The van der Waals surface area contributed by atoms with Crippen LogP contribution in [0.3, 0.4) is 0 Å². The van der Waals surface area contributed by atoms with E-state index in [-0.39, 0.29) is 12.1 Å². The van der Waals surface area contributed by atoms with E-state index >= 15 is 0 Å². The molecule has 1 aliphatic rings. The van der Waals surface area contributed by atoms with Crippen LogP contribution in [0.2, 0.25) is 0 Å². The lowest BCUT2D eigenvalue weighted by molar-refractivity contribution is 0.0165. The van der Waals surface area contributed by atoms with E-state index in [0.717, 1.165) is 45.8 Å². The Balaban J connectivity index is 2.08. The maximum atomic E-state index is 12.3. The van der Waals surface area contributed by atoms with Gasteiger partial charge in [-0.1, -0.05) is 31.2 Å². The van der Waals surface area contributed by atoms with Crippen LogP contribution in [0.25, 0.3) is 0 Å². The lowest BCUT2D eigenvalue weighted by atomic mass is 10.0. The number of nitrogens with zero attached hydrogens (tertiary/aromatic N) is 2. The number of carbonyl (C=O) groups excluding carboxylic acids is 1. The Morgan fingerprint density at radius 2 is 1.79 bits per heavy atom. The van der Waals surface area contributed by atoms with E-state index in [2.05, 4.69) is 41.4 Å². The highest BCUT2D eigenvalue weighted by Crippen LogP contribution is 2.22. The molecule has 2 rings (SSSR count). The molecule has 5 nitrogen and oxygen atoms in total. The molecule has 1 fully saturated rings. The van der Waals surface area contributed by atoms with Crippen molar-refractivity contribution in [3.63, 3.8) is 0 Å². The summed E-state index contributed by atoms with van der Waals surface area (Å²) in [6.07, 6.45) is 1.04. The highest BCUT2D eigenvalue weighted by Gasteiger charge is 2.23. The minimum atomic E-state index is 0.0171. The summed E-state index contributed by atoms with van der Waals surface area (Å²) in [5.41, 5.74) is 2.60. The van der Waals surface area contributed by atoms with Crippen LogP contribution in [-0.4, -0.2) is 61.8 Å². The molecule has 1 aromatic carbocycles. The minimum Gasteiger partial charge on any atom is -0.379 e. The van der Waals surface area contributed by atoms with Gasteiger partial charge in [-0.15, -0.1) is 0 Å². The highest BCUT2D eigenvalue weighted by atomic mass is 16.5. The predicted octanol–water partition coefficient (Wildman–Crippen LogP) is 2.67. The number of aryl methyl sites for hydroxylation is 1. The van der Waals surface area contributed by atoms with Gasteiger partial charge in [-0.2, -0.15) is 0 Å². The number of amides is 2. The molecule has 0 bridgehead atoms. The summed E-state index contributed by atoms with van der Waals surface area (Å²) < 4.78 is 5.48. The molecule has 0 aromatic heterocycles. The second-order valence-corrected chi connectivity index (χ2v) is 6.12. The van der Waals surface area contributed by atoms with Gasteiger partial charge in [0.05, 0.1) is 19.3 Å². The summed E-state index contributed by atoms with van der Waals surface area (Å²) in [5.74, 6) is 0. The van der Waals surface area contributed by atoms with Crippen LogP contribution in [-0.2, 0) is 11.2 Å². The number of hydrogen-bond donors (Lipinski definition) is 1. The van der Waals surface area contributed by atoms with Gasteiger partial charge in [0.15, 0.2) is 0 Å². The van der Waals surface area contributed by atoms with Crippen LogP contribution < -0.4 is 5.32 Å². The van der Waals surface area contributed by atoms with E-state index in [9.17, 15) is 4.79 Å². The lowest BCUT2D eigenvalue weighted by Crippen LogP contribution is -2.46. The molecule has 0 radical (unpaired) electrons. The molecule has 1 unspecified atom stereocenters. The molecular weight excluding hydrogens is 302 g/mol. The molecule has 1 saturated heterocycles. The molecule has 5 heteroatoms. The lowest BCUT2D eigenvalue weighted by Gasteiger charge is -2.35. The summed E-state index contributed by atoms with van der Waals surface area (Å²) >= 11 is 0. The van der Waals surface area contributed by atoms with Crippen LogP contribution in [0.5, 0.6) is 0 Å². The van der Waals surface area contributed by atoms with Crippen molar-refractivity contribution in [1.82, 2.24) is 15.1 Å². The number of ether oxygens (including phenoxy) is 1. The largest absolute Gasteiger partial charge is 0.379 e. The fourth-order valence-corrected chi connectivity index (χ4v) is 3.13. The number of urea groups is 1. The van der Waals surface area contributed by atoms with Gasteiger partial charge in [-0.25, -0.2) is 4.79 Å². The third-order valence-electron chi connectivity index (χ3n) is 4.76. The molecule has 1 atom stereocenters. The standard InChI is InChI=1S/C19H31N3O2/c1-4-16-7-9-17(10-8-16)18(22-11-13-24-14-12-22)15-20-19(23)21(5-2)6-3/h7-10,18H,4-6,11-15H2,1-3H3,(H,20,23).